The second kappa shape index (κ2) is 92.3. The average molecular weight is 382 g/mol. The molecule has 4 nitrogen and oxygen atoms in total. The topological polar surface area (TPSA) is 103 Å². The van der Waals surface area contributed by atoms with E-state index in [2.05, 4.69) is 15.9 Å². The summed E-state index contributed by atoms with van der Waals surface area (Å²) in [5, 5.41) is 0. The summed E-state index contributed by atoms with van der Waals surface area (Å²) in [6.07, 6.45) is 0. The van der Waals surface area contributed by atoms with E-state index in [1.54, 1.807) is 0 Å². The fraction of sp³-hybridized carbons (Fsp3) is 0. The molecule has 0 aliphatic carbocycles. The van der Waals surface area contributed by atoms with Crippen LogP contribution in [0.1, 0.15) is 0 Å². The van der Waals surface area contributed by atoms with Gasteiger partial charge in [0.05, 0.1) is 0 Å². The van der Waals surface area contributed by atoms with Gasteiger partial charge in [0, 0.05) is 0 Å². The van der Waals surface area contributed by atoms with Crippen molar-refractivity contribution >= 4 is 48.9 Å². The van der Waals surface area contributed by atoms with Crippen LogP contribution >= 0.6 is 0 Å². The zero-order valence-electron chi connectivity index (χ0n) is 3.76. The zero-order chi connectivity index (χ0) is 2.00. The predicted molar refractivity (Wildman–Crippen MR) is 8.50 cm³/mol. The first-order valence-electron chi connectivity index (χ1n) is 0.123. The van der Waals surface area contributed by atoms with Crippen molar-refractivity contribution in [3.8, 4) is 0 Å². The normalized spacial score (nSPS) is 0.750. The van der Waals surface area contributed by atoms with Crippen molar-refractivity contribution in [2.45, 2.75) is 0 Å². The number of hydrogen-bond donors (Lipinski definition) is 0. The standard InChI is InChI=1S/Ba.Cr.Cu.4O.Zn/q+2;+3;;;3*-2;+2. The van der Waals surface area contributed by atoms with Crippen molar-refractivity contribution in [3.63, 3.8) is 0 Å². The van der Waals surface area contributed by atoms with E-state index >= 15 is 0 Å². The first-order chi connectivity index (χ1) is 1.00. The third-order valence-corrected chi connectivity index (χ3v) is 0. The van der Waals surface area contributed by atoms with E-state index in [4.69, 9.17) is 3.83 Å². The molecule has 0 aliphatic rings. The Morgan fingerprint density at radius 2 is 0.875 bits per heavy atom. The summed E-state index contributed by atoms with van der Waals surface area (Å²) in [4.78, 5) is 0. The Hall–Kier alpha value is 2.93. The average Bonchev–Trinajstić information content (AvgIpc) is 1.00. The molecule has 0 rings (SSSR count). The van der Waals surface area contributed by atoms with E-state index < -0.39 is 0 Å². The second-order valence-corrected chi connectivity index (χ2v) is 0. The molecule has 0 bridgehead atoms. The van der Waals surface area contributed by atoms with Gasteiger partial charge in [0.1, 0.15) is 0 Å². The molecule has 0 spiro atoms. The molecule has 0 aliphatic heterocycles. The van der Waals surface area contributed by atoms with Gasteiger partial charge in [0.2, 0.25) is 0 Å². The maximum atomic E-state index is 7.81. The predicted octanol–water partition coefficient (Wildman–Crippen LogP) is -0.863. The Bertz CT molecular complexity index is 16.0. The summed E-state index contributed by atoms with van der Waals surface area (Å²) in [5.74, 6) is 0. The molecule has 0 aromatic rings. The van der Waals surface area contributed by atoms with E-state index in [9.17, 15) is 0 Å². The molecule has 0 amide bonds. The Morgan fingerprint density at radius 3 is 0.875 bits per heavy atom. The molecule has 0 fully saturated rings. The van der Waals surface area contributed by atoms with Gasteiger partial charge in [-0.05, 0) is 0 Å². The summed E-state index contributed by atoms with van der Waals surface area (Å²) in [5.41, 5.74) is 0. The third kappa shape index (κ3) is 65.5. The summed E-state index contributed by atoms with van der Waals surface area (Å²) >= 11 is 2.94. The van der Waals surface area contributed by atoms with E-state index in [-0.39, 0.29) is 102 Å². The molecule has 0 N–H and O–H groups in total. The first kappa shape index (κ1) is 69.8. The van der Waals surface area contributed by atoms with Crippen molar-refractivity contribution in [3.05, 3.63) is 0 Å². The first-order valence-corrected chi connectivity index (χ1v) is 0.508. The van der Waals surface area contributed by atoms with Crippen LogP contribution in [0.5, 0.6) is 0 Å². The minimum absolute atomic E-state index is 0. The SMILES string of the molecule is [Ba+2].[Cr+3].[O-2].[O-2].[O-2].[O]=[Cu].[Zn+2]. The summed E-state index contributed by atoms with van der Waals surface area (Å²) in [6.45, 7) is 0. The van der Waals surface area contributed by atoms with Crippen molar-refractivity contribution < 1.29 is 73.0 Å². The molecule has 0 saturated heterocycles. The van der Waals surface area contributed by atoms with Gasteiger partial charge in [-0.3, -0.25) is 0 Å². The van der Waals surface area contributed by atoms with Crippen LogP contribution in [0.25, 0.3) is 0 Å². The van der Waals surface area contributed by atoms with E-state index in [1.807, 2.05) is 0 Å². The van der Waals surface area contributed by atoms with Gasteiger partial charge in [0.25, 0.3) is 0 Å². The molecule has 0 saturated carbocycles. The Morgan fingerprint density at radius 1 is 0.875 bits per heavy atom. The van der Waals surface area contributed by atoms with Crippen molar-refractivity contribution in [2.75, 3.05) is 0 Å². The Balaban J connectivity index is -0.000000000333. The van der Waals surface area contributed by atoms with Crippen LogP contribution in [0, 0.1) is 0 Å². The monoisotopic (exact) mass is 381 g/mol. The third-order valence-electron chi connectivity index (χ3n) is 0. The van der Waals surface area contributed by atoms with Gasteiger partial charge in [0.15, 0.2) is 0 Å². The van der Waals surface area contributed by atoms with Crippen molar-refractivity contribution in [1.82, 2.24) is 0 Å². The maximum absolute atomic E-state index is 7.81. The largest absolute Gasteiger partial charge is 2.00 e. The van der Waals surface area contributed by atoms with E-state index in [0.29, 0.717) is 0 Å². The summed E-state index contributed by atoms with van der Waals surface area (Å²) in [7, 11) is 0. The zero-order valence-corrected chi connectivity index (χ0v) is 13.4. The molecule has 0 heterocycles. The fourth-order valence-corrected chi connectivity index (χ4v) is 0. The molecule has 0 unspecified atom stereocenters. The number of rotatable bonds is 0. The quantitative estimate of drug-likeness (QED) is 0.500. The van der Waals surface area contributed by atoms with Gasteiger partial charge in [-0.25, -0.2) is 0 Å². The molecule has 1 radical (unpaired) electrons. The molecular weight excluding hydrogens is 382 g/mol. The minimum atomic E-state index is 0. The molecule has 0 aromatic carbocycles. The maximum Gasteiger partial charge on any atom is 2.00 e. The molecule has 44 valence electrons. The smallest absolute Gasteiger partial charge is 2.00 e. The van der Waals surface area contributed by atoms with Gasteiger partial charge >= 0.3 is 105 Å². The number of hydrogen-bond acceptors (Lipinski definition) is 1. The second-order valence-electron chi connectivity index (χ2n) is 0. The molecule has 0 atom stereocenters. The van der Waals surface area contributed by atoms with Crippen LogP contribution in [0.15, 0.2) is 0 Å². The van der Waals surface area contributed by atoms with Crippen LogP contribution in [-0.4, -0.2) is 48.9 Å². The van der Waals surface area contributed by atoms with Crippen molar-refractivity contribution in [1.29, 1.82) is 0 Å². The van der Waals surface area contributed by atoms with E-state index in [1.165, 1.54) is 0 Å². The van der Waals surface area contributed by atoms with Crippen LogP contribution in [0.2, 0.25) is 0 Å². The van der Waals surface area contributed by atoms with Gasteiger partial charge in [-0.15, -0.1) is 0 Å². The Labute approximate surface area is 119 Å². The van der Waals surface area contributed by atoms with Crippen LogP contribution in [0.4, 0.5) is 0 Å². The van der Waals surface area contributed by atoms with E-state index in [0.717, 1.165) is 0 Å². The van der Waals surface area contributed by atoms with Crippen LogP contribution in [0.3, 0.4) is 0 Å². The van der Waals surface area contributed by atoms with Crippen LogP contribution in [-0.2, 0) is 73.0 Å². The summed E-state index contributed by atoms with van der Waals surface area (Å²) in [6, 6.07) is 0. The summed E-state index contributed by atoms with van der Waals surface area (Å²) < 4.78 is 7.81. The molecular formula is BaCrCuO4Zn+. The minimum Gasteiger partial charge on any atom is 2.00 e. The van der Waals surface area contributed by atoms with Gasteiger partial charge in [-0.2, -0.15) is 0 Å². The van der Waals surface area contributed by atoms with Crippen LogP contribution < -0.4 is 0 Å². The molecule has 8 heteroatoms. The molecule has 8 heavy (non-hydrogen) atoms. The Kier molecular flexibility index (Phi) is 806. The fourth-order valence-electron chi connectivity index (χ4n) is 0. The van der Waals surface area contributed by atoms with Crippen molar-refractivity contribution in [2.24, 2.45) is 0 Å². The molecule has 0 aromatic heterocycles. The van der Waals surface area contributed by atoms with Gasteiger partial charge in [-0.1, -0.05) is 0 Å². The van der Waals surface area contributed by atoms with Gasteiger partial charge < -0.3 is 16.4 Å².